The molecule has 9 heavy (non-hydrogen) atoms. The van der Waals surface area contributed by atoms with E-state index in [0.29, 0.717) is 5.94 Å². The van der Waals surface area contributed by atoms with E-state index in [1.165, 1.54) is 31.4 Å². The number of rotatable bonds is 1. The molecule has 1 unspecified atom stereocenters. The predicted molar refractivity (Wildman–Crippen MR) is 44.1 cm³/mol. The smallest absolute Gasteiger partial charge is 0.0836 e. The second-order valence-corrected chi connectivity index (χ2v) is 4.46. The molecule has 54 valence electrons. The van der Waals surface area contributed by atoms with Gasteiger partial charge in [0.15, 0.2) is 0 Å². The lowest BCUT2D eigenvalue weighted by atomic mass is 10.2. The average molecular weight is 146 g/mol. The maximum atomic E-state index is 8.80. The Bertz CT molecular complexity index is 109. The highest BCUT2D eigenvalue weighted by Gasteiger charge is 1.98. The molecule has 0 saturated carbocycles. The van der Waals surface area contributed by atoms with Crippen molar-refractivity contribution >= 4 is 15.9 Å². The first kappa shape index (κ1) is 7.29. The minimum absolute atomic E-state index is 0.262. The fourth-order valence-corrected chi connectivity index (χ4v) is 2.54. The number of hydrogen-bond donors (Lipinski definition) is 1. The molecular formula is C7H14OS. The van der Waals surface area contributed by atoms with Gasteiger partial charge in [-0.25, -0.2) is 0 Å². The molecule has 0 bridgehead atoms. The Labute approximate surface area is 59.0 Å². The van der Waals surface area contributed by atoms with E-state index in [1.807, 2.05) is 0 Å². The van der Waals surface area contributed by atoms with Gasteiger partial charge in [-0.1, -0.05) is 11.8 Å². The van der Waals surface area contributed by atoms with Crippen LogP contribution < -0.4 is 0 Å². The van der Waals surface area contributed by atoms with Crippen LogP contribution in [0.5, 0.6) is 0 Å². The molecule has 1 N–H and O–H groups in total. The van der Waals surface area contributed by atoms with Crippen LogP contribution in [0.4, 0.5) is 0 Å². The van der Waals surface area contributed by atoms with Crippen LogP contribution in [0.1, 0.15) is 25.7 Å². The number of hydrogen-bond acceptors (Lipinski definition) is 1. The number of aliphatic hydroxyl groups is 1. The lowest BCUT2D eigenvalue weighted by Gasteiger charge is -1.99. The maximum absolute atomic E-state index is 8.80. The van der Waals surface area contributed by atoms with Crippen LogP contribution in [0.3, 0.4) is 0 Å². The molecule has 0 fully saturated rings. The molecule has 1 rings (SSSR count). The molecule has 0 aromatic heterocycles. The summed E-state index contributed by atoms with van der Waals surface area (Å²) in [5.74, 6) is 1.62. The van der Waals surface area contributed by atoms with Gasteiger partial charge >= 0.3 is 0 Å². The summed E-state index contributed by atoms with van der Waals surface area (Å²) in [7, 11) is 0.262. The van der Waals surface area contributed by atoms with Crippen LogP contribution >= 0.6 is 10.5 Å². The van der Waals surface area contributed by atoms with Crippen LogP contribution in [0.25, 0.3) is 0 Å². The van der Waals surface area contributed by atoms with Crippen molar-refractivity contribution in [2.45, 2.75) is 25.7 Å². The first-order chi connectivity index (χ1) is 4.43. The van der Waals surface area contributed by atoms with Crippen molar-refractivity contribution < 1.29 is 5.11 Å². The van der Waals surface area contributed by atoms with E-state index in [1.54, 1.807) is 0 Å². The van der Waals surface area contributed by atoms with Gasteiger partial charge < -0.3 is 5.11 Å². The van der Waals surface area contributed by atoms with Gasteiger partial charge in [0.1, 0.15) is 0 Å². The van der Waals surface area contributed by atoms with Gasteiger partial charge in [0.2, 0.25) is 0 Å². The second-order valence-electron chi connectivity index (χ2n) is 2.39. The quantitative estimate of drug-likeness (QED) is 0.557. The highest BCUT2D eigenvalue weighted by Crippen LogP contribution is 2.18. The van der Waals surface area contributed by atoms with Crippen LogP contribution in [0, 0.1) is 0 Å². The molecule has 1 nitrogen and oxygen atoms in total. The zero-order valence-electron chi connectivity index (χ0n) is 5.68. The molecular weight excluding hydrogens is 132 g/mol. The van der Waals surface area contributed by atoms with Gasteiger partial charge in [-0.05, 0) is 25.0 Å². The van der Waals surface area contributed by atoms with Crippen LogP contribution in [-0.4, -0.2) is 22.2 Å². The van der Waals surface area contributed by atoms with E-state index in [9.17, 15) is 0 Å². The molecule has 0 aliphatic carbocycles. The van der Waals surface area contributed by atoms with Gasteiger partial charge in [-0.2, -0.15) is 10.5 Å². The second kappa shape index (κ2) is 4.07. The first-order valence-corrected chi connectivity index (χ1v) is 5.16. The van der Waals surface area contributed by atoms with Crippen molar-refractivity contribution in [2.75, 3.05) is 11.7 Å². The third kappa shape index (κ3) is 2.50. The molecule has 0 radical (unpaired) electrons. The Balaban J connectivity index is 2.37. The standard InChI is InChI=1S/C7H14OS/c8-7-9-5-3-1-2-4-6-9/h5,8H,1-4,6-7H2. The van der Waals surface area contributed by atoms with E-state index in [0.717, 1.165) is 0 Å². The fraction of sp³-hybridized carbons (Fsp3) is 0.857. The Morgan fingerprint density at radius 2 is 2.22 bits per heavy atom. The van der Waals surface area contributed by atoms with Crippen LogP contribution in [0.15, 0.2) is 0 Å². The van der Waals surface area contributed by atoms with E-state index in [4.69, 9.17) is 5.11 Å². The average Bonchev–Trinajstić information content (AvgIpc) is 2.13. The van der Waals surface area contributed by atoms with Crippen molar-refractivity contribution in [1.29, 1.82) is 0 Å². The molecule has 0 aromatic carbocycles. The maximum Gasteiger partial charge on any atom is 0.0836 e. The SMILES string of the molecule is OCS1=CCCCCC1. The highest BCUT2D eigenvalue weighted by atomic mass is 32.2. The molecule has 1 atom stereocenters. The topological polar surface area (TPSA) is 20.2 Å². The monoisotopic (exact) mass is 146 g/mol. The van der Waals surface area contributed by atoms with Crippen molar-refractivity contribution in [3.63, 3.8) is 0 Å². The van der Waals surface area contributed by atoms with Gasteiger partial charge in [0, 0.05) is 0 Å². The zero-order chi connectivity index (χ0) is 6.53. The highest BCUT2D eigenvalue weighted by molar-refractivity contribution is 8.14. The lowest BCUT2D eigenvalue weighted by molar-refractivity contribution is 0.375. The lowest BCUT2D eigenvalue weighted by Crippen LogP contribution is -1.85. The summed E-state index contributed by atoms with van der Waals surface area (Å²) in [6.07, 6.45) is 5.24. The minimum Gasteiger partial charge on any atom is -0.386 e. The predicted octanol–water partition coefficient (Wildman–Crippen LogP) is 1.58. The summed E-state index contributed by atoms with van der Waals surface area (Å²) in [6, 6.07) is 0. The van der Waals surface area contributed by atoms with E-state index in [2.05, 4.69) is 5.37 Å². The van der Waals surface area contributed by atoms with Crippen LogP contribution in [-0.2, 0) is 0 Å². The zero-order valence-corrected chi connectivity index (χ0v) is 6.49. The van der Waals surface area contributed by atoms with Gasteiger partial charge in [-0.15, -0.1) is 0 Å². The van der Waals surface area contributed by atoms with Gasteiger partial charge in [0.25, 0.3) is 0 Å². The Hall–Kier alpha value is 0.180. The molecule has 1 heterocycles. The molecule has 0 saturated heterocycles. The molecule has 0 aromatic rings. The summed E-state index contributed by atoms with van der Waals surface area (Å²) in [4.78, 5) is 0. The number of aliphatic hydroxyl groups excluding tert-OH is 1. The third-order valence-corrected chi connectivity index (χ3v) is 3.48. The third-order valence-electron chi connectivity index (χ3n) is 1.63. The Kier molecular flexibility index (Phi) is 3.30. The van der Waals surface area contributed by atoms with E-state index >= 15 is 0 Å². The summed E-state index contributed by atoms with van der Waals surface area (Å²) >= 11 is 0. The first-order valence-electron chi connectivity index (χ1n) is 3.54. The fourth-order valence-electron chi connectivity index (χ4n) is 1.06. The summed E-state index contributed by atoms with van der Waals surface area (Å²) < 4.78 is 0. The van der Waals surface area contributed by atoms with Gasteiger partial charge in [0.05, 0.1) is 5.94 Å². The Morgan fingerprint density at radius 3 is 3.00 bits per heavy atom. The normalized spacial score (nSPS) is 28.8. The molecule has 2 heteroatoms. The van der Waals surface area contributed by atoms with Crippen molar-refractivity contribution in [3.8, 4) is 0 Å². The Morgan fingerprint density at radius 1 is 1.33 bits per heavy atom. The van der Waals surface area contributed by atoms with Crippen LogP contribution in [0.2, 0.25) is 0 Å². The minimum atomic E-state index is 0.262. The molecule has 0 spiro atoms. The summed E-state index contributed by atoms with van der Waals surface area (Å²) in [5.41, 5.74) is 0. The van der Waals surface area contributed by atoms with Crippen molar-refractivity contribution in [2.24, 2.45) is 0 Å². The van der Waals surface area contributed by atoms with Crippen molar-refractivity contribution in [3.05, 3.63) is 0 Å². The summed E-state index contributed by atoms with van der Waals surface area (Å²) in [6.45, 7) is 0. The van der Waals surface area contributed by atoms with E-state index in [-0.39, 0.29) is 10.5 Å². The molecule has 1 aliphatic rings. The summed E-state index contributed by atoms with van der Waals surface area (Å²) in [5, 5.41) is 11.1. The largest absolute Gasteiger partial charge is 0.386 e. The van der Waals surface area contributed by atoms with Gasteiger partial charge in [-0.3, -0.25) is 0 Å². The molecule has 1 aliphatic heterocycles. The van der Waals surface area contributed by atoms with E-state index < -0.39 is 0 Å². The molecule has 0 amide bonds. The van der Waals surface area contributed by atoms with Crippen molar-refractivity contribution in [1.82, 2.24) is 0 Å².